The molecule has 156 valence electrons. The van der Waals surface area contributed by atoms with Crippen LogP contribution in [0, 0.1) is 5.82 Å². The lowest BCUT2D eigenvalue weighted by atomic mass is 9.68. The third-order valence-electron chi connectivity index (χ3n) is 6.93. The van der Waals surface area contributed by atoms with Gasteiger partial charge in [-0.3, -0.25) is 4.79 Å². The van der Waals surface area contributed by atoms with E-state index < -0.39 is 11.4 Å². The van der Waals surface area contributed by atoms with Crippen LogP contribution in [0.3, 0.4) is 0 Å². The van der Waals surface area contributed by atoms with Crippen molar-refractivity contribution < 1.29 is 14.3 Å². The van der Waals surface area contributed by atoms with Gasteiger partial charge in [0, 0.05) is 6.04 Å². The molecule has 0 unspecified atom stereocenters. The summed E-state index contributed by atoms with van der Waals surface area (Å²) in [5.41, 5.74) is 1.44. The standard InChI is InChI=1S/C24H28FNO2.ClH/c25-21-8-6-18(7-9-21)19-12-16-26(17-13-19)22-10-14-24(15-11-22,23(27)28)20-4-2-1-3-5-20;/h1-9,19,22H,10-17H2,(H,27,28);1H. The lowest BCUT2D eigenvalue weighted by molar-refractivity contribution is -0.145. The van der Waals surface area contributed by atoms with Crippen molar-refractivity contribution in [3.05, 3.63) is 71.5 Å². The number of halogens is 2. The van der Waals surface area contributed by atoms with Crippen molar-refractivity contribution >= 4 is 18.4 Å². The van der Waals surface area contributed by atoms with E-state index in [-0.39, 0.29) is 18.2 Å². The second-order valence-electron chi connectivity index (χ2n) is 8.35. The molecule has 29 heavy (non-hydrogen) atoms. The smallest absolute Gasteiger partial charge is 0.314 e. The van der Waals surface area contributed by atoms with Gasteiger partial charge in [-0.25, -0.2) is 4.39 Å². The largest absolute Gasteiger partial charge is 0.481 e. The van der Waals surface area contributed by atoms with Crippen LogP contribution in [-0.4, -0.2) is 35.1 Å². The molecule has 0 aromatic heterocycles. The Hall–Kier alpha value is -1.91. The summed E-state index contributed by atoms with van der Waals surface area (Å²) in [5.74, 6) is -0.362. The lowest BCUT2D eigenvalue weighted by Gasteiger charge is -2.44. The number of nitrogens with zero attached hydrogens (tertiary/aromatic N) is 1. The van der Waals surface area contributed by atoms with Crippen LogP contribution < -0.4 is 0 Å². The minimum atomic E-state index is -0.732. The Balaban J connectivity index is 0.00000240. The van der Waals surface area contributed by atoms with Crippen LogP contribution in [-0.2, 0) is 10.2 Å². The Morgan fingerprint density at radius 1 is 0.931 bits per heavy atom. The van der Waals surface area contributed by atoms with E-state index in [2.05, 4.69) is 4.90 Å². The van der Waals surface area contributed by atoms with Crippen LogP contribution in [0.1, 0.15) is 55.6 Å². The van der Waals surface area contributed by atoms with E-state index in [9.17, 15) is 14.3 Å². The summed E-state index contributed by atoms with van der Waals surface area (Å²) in [6, 6.07) is 17.1. The van der Waals surface area contributed by atoms with Gasteiger partial charge in [0.15, 0.2) is 0 Å². The third kappa shape index (κ3) is 4.49. The minimum absolute atomic E-state index is 0. The molecule has 2 aromatic rings. The maximum atomic E-state index is 13.2. The van der Waals surface area contributed by atoms with Gasteiger partial charge in [0.25, 0.3) is 0 Å². The van der Waals surface area contributed by atoms with Gasteiger partial charge in [0.05, 0.1) is 5.41 Å². The first-order valence-corrected chi connectivity index (χ1v) is 10.4. The van der Waals surface area contributed by atoms with Gasteiger partial charge in [-0.1, -0.05) is 42.5 Å². The van der Waals surface area contributed by atoms with Crippen molar-refractivity contribution in [2.75, 3.05) is 13.1 Å². The molecule has 0 bridgehead atoms. The molecule has 5 heteroatoms. The van der Waals surface area contributed by atoms with Gasteiger partial charge in [-0.2, -0.15) is 0 Å². The SMILES string of the molecule is Cl.O=C(O)C1(c2ccccc2)CCC(N2CCC(c3ccc(F)cc3)CC2)CC1. The summed E-state index contributed by atoms with van der Waals surface area (Å²) in [6.07, 6.45) is 5.45. The van der Waals surface area contributed by atoms with E-state index in [1.54, 1.807) is 12.1 Å². The molecule has 0 spiro atoms. The Morgan fingerprint density at radius 3 is 2.07 bits per heavy atom. The van der Waals surface area contributed by atoms with Crippen LogP contribution in [0.5, 0.6) is 0 Å². The topological polar surface area (TPSA) is 40.5 Å². The van der Waals surface area contributed by atoms with Gasteiger partial charge in [-0.15, -0.1) is 12.4 Å². The second kappa shape index (κ2) is 9.27. The molecule has 4 rings (SSSR count). The predicted molar refractivity (Wildman–Crippen MR) is 115 cm³/mol. The number of carbonyl (C=O) groups is 1. The van der Waals surface area contributed by atoms with Crippen molar-refractivity contribution in [1.29, 1.82) is 0 Å². The van der Waals surface area contributed by atoms with Crippen molar-refractivity contribution in [3.63, 3.8) is 0 Å². The van der Waals surface area contributed by atoms with Gasteiger partial charge in [0.2, 0.25) is 0 Å². The molecule has 1 aliphatic heterocycles. The van der Waals surface area contributed by atoms with Gasteiger partial charge in [-0.05, 0) is 80.8 Å². The molecular weight excluding hydrogens is 389 g/mol. The third-order valence-corrected chi connectivity index (χ3v) is 6.93. The molecule has 2 aromatic carbocycles. The number of piperidine rings is 1. The summed E-state index contributed by atoms with van der Waals surface area (Å²) < 4.78 is 13.2. The Labute approximate surface area is 178 Å². The molecule has 1 N–H and O–H groups in total. The minimum Gasteiger partial charge on any atom is -0.481 e. The number of hydrogen-bond acceptors (Lipinski definition) is 2. The number of carboxylic acids is 1. The molecule has 2 fully saturated rings. The fourth-order valence-corrected chi connectivity index (χ4v) is 5.18. The maximum absolute atomic E-state index is 13.2. The number of aliphatic carboxylic acids is 1. The van der Waals surface area contributed by atoms with Crippen molar-refractivity contribution in [3.8, 4) is 0 Å². The van der Waals surface area contributed by atoms with Gasteiger partial charge in [0.1, 0.15) is 5.82 Å². The van der Waals surface area contributed by atoms with Crippen LogP contribution >= 0.6 is 12.4 Å². The van der Waals surface area contributed by atoms with Crippen molar-refractivity contribution in [2.45, 2.75) is 55.9 Å². The highest BCUT2D eigenvalue weighted by molar-refractivity contribution is 5.85. The summed E-state index contributed by atoms with van der Waals surface area (Å²) in [4.78, 5) is 14.7. The highest BCUT2D eigenvalue weighted by atomic mass is 35.5. The lowest BCUT2D eigenvalue weighted by Crippen LogP contribution is -2.48. The van der Waals surface area contributed by atoms with E-state index >= 15 is 0 Å². The molecule has 1 aliphatic carbocycles. The fraction of sp³-hybridized carbons (Fsp3) is 0.458. The monoisotopic (exact) mass is 417 g/mol. The number of benzene rings is 2. The zero-order chi connectivity index (χ0) is 19.6. The molecule has 0 amide bonds. The molecule has 0 atom stereocenters. The van der Waals surface area contributed by atoms with E-state index in [4.69, 9.17) is 0 Å². The first-order chi connectivity index (χ1) is 13.6. The van der Waals surface area contributed by atoms with E-state index in [0.717, 1.165) is 44.3 Å². The first kappa shape index (κ1) is 21.8. The predicted octanol–water partition coefficient (Wildman–Crippen LogP) is 5.39. The normalized spacial score (nSPS) is 25.9. The Kier molecular flexibility index (Phi) is 6.97. The molecule has 0 radical (unpaired) electrons. The van der Waals surface area contributed by atoms with Crippen LogP contribution in [0.4, 0.5) is 4.39 Å². The molecule has 1 saturated carbocycles. The molecular formula is C24H29ClFNO2. The number of carboxylic acid groups (broad SMARTS) is 1. The van der Waals surface area contributed by atoms with Crippen LogP contribution in [0.25, 0.3) is 0 Å². The summed E-state index contributed by atoms with van der Waals surface area (Å²) in [6.45, 7) is 2.08. The summed E-state index contributed by atoms with van der Waals surface area (Å²) >= 11 is 0. The Bertz CT molecular complexity index is 795. The Morgan fingerprint density at radius 2 is 1.52 bits per heavy atom. The number of likely N-dealkylation sites (tertiary alicyclic amines) is 1. The zero-order valence-electron chi connectivity index (χ0n) is 16.6. The van der Waals surface area contributed by atoms with E-state index in [1.165, 1.54) is 5.56 Å². The first-order valence-electron chi connectivity index (χ1n) is 10.4. The molecule has 1 heterocycles. The quantitative estimate of drug-likeness (QED) is 0.724. The zero-order valence-corrected chi connectivity index (χ0v) is 17.4. The highest BCUT2D eigenvalue weighted by Gasteiger charge is 2.44. The number of rotatable bonds is 4. The average molecular weight is 418 g/mol. The van der Waals surface area contributed by atoms with Crippen molar-refractivity contribution in [1.82, 2.24) is 4.90 Å². The van der Waals surface area contributed by atoms with Gasteiger partial charge >= 0.3 is 5.97 Å². The maximum Gasteiger partial charge on any atom is 0.314 e. The van der Waals surface area contributed by atoms with E-state index in [1.807, 2.05) is 42.5 Å². The van der Waals surface area contributed by atoms with Crippen LogP contribution in [0.15, 0.2) is 54.6 Å². The fourth-order valence-electron chi connectivity index (χ4n) is 5.18. The number of hydrogen-bond donors (Lipinski definition) is 1. The highest BCUT2D eigenvalue weighted by Crippen LogP contribution is 2.42. The van der Waals surface area contributed by atoms with E-state index in [0.29, 0.717) is 24.8 Å². The van der Waals surface area contributed by atoms with Gasteiger partial charge < -0.3 is 10.0 Å². The average Bonchev–Trinajstić information content (AvgIpc) is 2.75. The summed E-state index contributed by atoms with van der Waals surface area (Å²) in [5, 5.41) is 9.98. The van der Waals surface area contributed by atoms with Crippen LogP contribution in [0.2, 0.25) is 0 Å². The molecule has 1 saturated heterocycles. The molecule has 3 nitrogen and oxygen atoms in total. The summed E-state index contributed by atoms with van der Waals surface area (Å²) in [7, 11) is 0. The van der Waals surface area contributed by atoms with Crippen molar-refractivity contribution in [2.24, 2.45) is 0 Å². The second-order valence-corrected chi connectivity index (χ2v) is 8.35. The molecule has 2 aliphatic rings.